The number of carbonyl (C=O) groups is 2. The van der Waals surface area contributed by atoms with Gasteiger partial charge in [-0.25, -0.2) is 4.79 Å². The number of likely N-dealkylation sites (tertiary alicyclic amines) is 1. The topological polar surface area (TPSA) is 43.9 Å². The minimum absolute atomic E-state index is 0.0133. The van der Waals surface area contributed by atoms with Crippen LogP contribution < -0.4 is 0 Å². The van der Waals surface area contributed by atoms with E-state index in [4.69, 9.17) is 0 Å². The normalized spacial score (nSPS) is 21.5. The molecule has 1 spiro atoms. The summed E-state index contributed by atoms with van der Waals surface area (Å²) in [6, 6.07) is 10.5. The van der Waals surface area contributed by atoms with Gasteiger partial charge < -0.3 is 9.80 Å². The lowest BCUT2D eigenvalue weighted by molar-refractivity contribution is -0.137. The lowest BCUT2D eigenvalue weighted by Gasteiger charge is -2.44. The molecule has 0 N–H and O–H groups in total. The lowest BCUT2D eigenvalue weighted by Crippen LogP contribution is -2.58. The molecule has 0 aromatic heterocycles. The summed E-state index contributed by atoms with van der Waals surface area (Å²) in [5, 5.41) is 0. The molecule has 3 amide bonds. The third-order valence-corrected chi connectivity index (χ3v) is 6.39. The molecule has 2 aliphatic rings. The molecule has 5 heteroatoms. The van der Waals surface area contributed by atoms with Gasteiger partial charge in [0.15, 0.2) is 0 Å². The third kappa shape index (κ3) is 3.62. The van der Waals surface area contributed by atoms with Crippen LogP contribution in [0.5, 0.6) is 0 Å². The second-order valence-corrected chi connectivity index (χ2v) is 8.26. The van der Waals surface area contributed by atoms with Crippen LogP contribution in [0.2, 0.25) is 0 Å². The van der Waals surface area contributed by atoms with Crippen LogP contribution in [0.25, 0.3) is 0 Å². The molecule has 2 fully saturated rings. The van der Waals surface area contributed by atoms with E-state index in [-0.39, 0.29) is 18.0 Å². The zero-order chi connectivity index (χ0) is 19.6. The molecule has 0 radical (unpaired) electrons. The largest absolute Gasteiger partial charge is 0.327 e. The van der Waals surface area contributed by atoms with Gasteiger partial charge in [-0.3, -0.25) is 9.69 Å². The Morgan fingerprint density at radius 1 is 1.04 bits per heavy atom. The average molecular weight is 372 g/mol. The molecule has 1 aromatic carbocycles. The minimum atomic E-state index is -0.653. The van der Waals surface area contributed by atoms with Crippen LogP contribution in [-0.2, 0) is 11.2 Å². The number of carbonyl (C=O) groups excluding carboxylic acids is 2. The van der Waals surface area contributed by atoms with Gasteiger partial charge in [0, 0.05) is 31.7 Å². The second-order valence-electron chi connectivity index (χ2n) is 8.26. The standard InChI is InChI=1S/C22H33N3O2/c1-5-18(4)23-15-12-22(13-16-23)20(26)25(17(2)3)21(27)24(22)14-11-19-9-7-6-8-10-19/h6-10,17-18H,5,11-16H2,1-4H3. The highest BCUT2D eigenvalue weighted by molar-refractivity contribution is 6.07. The van der Waals surface area contributed by atoms with E-state index >= 15 is 0 Å². The highest BCUT2D eigenvalue weighted by Gasteiger charge is 2.58. The Balaban J connectivity index is 1.82. The van der Waals surface area contributed by atoms with Gasteiger partial charge in [0.25, 0.3) is 5.91 Å². The van der Waals surface area contributed by atoms with Crippen LogP contribution in [0.15, 0.2) is 30.3 Å². The number of benzene rings is 1. The lowest BCUT2D eigenvalue weighted by atomic mass is 9.84. The van der Waals surface area contributed by atoms with E-state index in [1.807, 2.05) is 36.9 Å². The fourth-order valence-electron chi connectivity index (χ4n) is 4.47. The van der Waals surface area contributed by atoms with Gasteiger partial charge in [-0.15, -0.1) is 0 Å². The Kier molecular flexibility index (Phi) is 5.89. The van der Waals surface area contributed by atoms with Gasteiger partial charge in [-0.05, 0) is 52.0 Å². The molecule has 5 nitrogen and oxygen atoms in total. The number of hydrogen-bond acceptors (Lipinski definition) is 3. The van der Waals surface area contributed by atoms with Crippen molar-refractivity contribution in [1.29, 1.82) is 0 Å². The van der Waals surface area contributed by atoms with Crippen LogP contribution >= 0.6 is 0 Å². The molecule has 148 valence electrons. The maximum absolute atomic E-state index is 13.3. The van der Waals surface area contributed by atoms with Crippen LogP contribution in [0.3, 0.4) is 0 Å². The number of amides is 3. The first-order valence-corrected chi connectivity index (χ1v) is 10.3. The summed E-state index contributed by atoms with van der Waals surface area (Å²) in [6.07, 6.45) is 3.36. The summed E-state index contributed by atoms with van der Waals surface area (Å²) < 4.78 is 0. The van der Waals surface area contributed by atoms with Gasteiger partial charge in [0.1, 0.15) is 5.54 Å². The fourth-order valence-corrected chi connectivity index (χ4v) is 4.47. The van der Waals surface area contributed by atoms with Gasteiger partial charge in [-0.1, -0.05) is 37.3 Å². The number of urea groups is 1. The SMILES string of the molecule is CCC(C)N1CCC2(CC1)C(=O)N(C(C)C)C(=O)N2CCc1ccccc1. The van der Waals surface area contributed by atoms with Gasteiger partial charge in [0.05, 0.1) is 0 Å². The van der Waals surface area contributed by atoms with Crippen molar-refractivity contribution in [1.82, 2.24) is 14.7 Å². The zero-order valence-corrected chi connectivity index (χ0v) is 17.1. The van der Waals surface area contributed by atoms with Crippen molar-refractivity contribution in [2.24, 2.45) is 0 Å². The molecule has 27 heavy (non-hydrogen) atoms. The molecule has 0 saturated carbocycles. The van der Waals surface area contributed by atoms with Crippen molar-refractivity contribution >= 4 is 11.9 Å². The Morgan fingerprint density at radius 3 is 2.22 bits per heavy atom. The summed E-state index contributed by atoms with van der Waals surface area (Å²) >= 11 is 0. The molecule has 0 aliphatic carbocycles. The van der Waals surface area contributed by atoms with Crippen molar-refractivity contribution < 1.29 is 9.59 Å². The van der Waals surface area contributed by atoms with E-state index in [0.717, 1.165) is 38.8 Å². The predicted molar refractivity (Wildman–Crippen MR) is 108 cm³/mol. The van der Waals surface area contributed by atoms with E-state index < -0.39 is 5.54 Å². The smallest absolute Gasteiger partial charge is 0.309 e. The van der Waals surface area contributed by atoms with E-state index in [0.29, 0.717) is 12.6 Å². The first kappa shape index (κ1) is 19.9. The molecule has 0 bridgehead atoms. The fraction of sp³-hybridized carbons (Fsp3) is 0.636. The van der Waals surface area contributed by atoms with Gasteiger partial charge in [0.2, 0.25) is 0 Å². The van der Waals surface area contributed by atoms with Gasteiger partial charge in [-0.2, -0.15) is 0 Å². The molecular formula is C22H33N3O2. The van der Waals surface area contributed by atoms with Crippen molar-refractivity contribution in [3.63, 3.8) is 0 Å². The van der Waals surface area contributed by atoms with Crippen LogP contribution in [0.4, 0.5) is 4.79 Å². The van der Waals surface area contributed by atoms with Crippen molar-refractivity contribution in [2.75, 3.05) is 19.6 Å². The van der Waals surface area contributed by atoms with E-state index in [9.17, 15) is 9.59 Å². The number of imide groups is 1. The van der Waals surface area contributed by atoms with Crippen molar-refractivity contribution in [3.8, 4) is 0 Å². The van der Waals surface area contributed by atoms with E-state index in [2.05, 4.69) is 30.9 Å². The second kappa shape index (κ2) is 8.01. The molecule has 3 rings (SSSR count). The van der Waals surface area contributed by atoms with Crippen molar-refractivity contribution in [2.45, 2.75) is 71.0 Å². The van der Waals surface area contributed by atoms with E-state index in [1.54, 1.807) is 0 Å². The van der Waals surface area contributed by atoms with Crippen LogP contribution in [0, 0.1) is 0 Å². The number of rotatable bonds is 6. The summed E-state index contributed by atoms with van der Waals surface area (Å²) in [7, 11) is 0. The summed E-state index contributed by atoms with van der Waals surface area (Å²) in [5.74, 6) is 0.0133. The highest BCUT2D eigenvalue weighted by atomic mass is 16.2. The van der Waals surface area contributed by atoms with Gasteiger partial charge >= 0.3 is 6.03 Å². The Hall–Kier alpha value is -1.88. The number of piperidine rings is 1. The molecular weight excluding hydrogens is 338 g/mol. The predicted octanol–water partition coefficient (Wildman–Crippen LogP) is 3.53. The number of hydrogen-bond donors (Lipinski definition) is 0. The summed E-state index contributed by atoms with van der Waals surface area (Å²) in [5.41, 5.74) is 0.549. The molecule has 1 aromatic rings. The first-order valence-electron chi connectivity index (χ1n) is 10.3. The molecule has 2 aliphatic heterocycles. The monoisotopic (exact) mass is 371 g/mol. The summed E-state index contributed by atoms with van der Waals surface area (Å²) in [6.45, 7) is 10.7. The quantitative estimate of drug-likeness (QED) is 0.719. The minimum Gasteiger partial charge on any atom is -0.309 e. The zero-order valence-electron chi connectivity index (χ0n) is 17.1. The Bertz CT molecular complexity index is 665. The Morgan fingerprint density at radius 2 is 1.67 bits per heavy atom. The molecule has 1 atom stereocenters. The average Bonchev–Trinajstić information content (AvgIpc) is 2.87. The summed E-state index contributed by atoms with van der Waals surface area (Å²) in [4.78, 5) is 32.3. The molecule has 2 saturated heterocycles. The molecule has 1 unspecified atom stereocenters. The van der Waals surface area contributed by atoms with E-state index in [1.165, 1.54) is 10.5 Å². The highest BCUT2D eigenvalue weighted by Crippen LogP contribution is 2.38. The Labute approximate surface area is 163 Å². The number of nitrogens with zero attached hydrogens (tertiary/aromatic N) is 3. The van der Waals surface area contributed by atoms with Crippen molar-refractivity contribution in [3.05, 3.63) is 35.9 Å². The maximum atomic E-state index is 13.3. The van der Waals surface area contributed by atoms with Crippen LogP contribution in [-0.4, -0.2) is 63.9 Å². The molecule has 2 heterocycles. The maximum Gasteiger partial charge on any atom is 0.327 e. The third-order valence-electron chi connectivity index (χ3n) is 6.39. The van der Waals surface area contributed by atoms with Crippen LogP contribution in [0.1, 0.15) is 52.5 Å². The first-order chi connectivity index (χ1) is 12.9.